The van der Waals surface area contributed by atoms with E-state index in [0.717, 1.165) is 15.2 Å². The Bertz CT molecular complexity index is 1980. The van der Waals surface area contributed by atoms with Crippen molar-refractivity contribution < 1.29 is 13.7 Å². The van der Waals surface area contributed by atoms with Gasteiger partial charge in [0.05, 0.1) is 24.7 Å². The third-order valence-electron chi connectivity index (χ3n) is 4.91. The van der Waals surface area contributed by atoms with E-state index in [-0.39, 0.29) is 28.7 Å². The topological polar surface area (TPSA) is 43.6 Å². The molecule has 152 valence electrons. The first-order chi connectivity index (χ1) is 19.9. The van der Waals surface area contributed by atoms with Crippen LogP contribution >= 0.6 is 15.9 Å². The molecule has 0 atom stereocenters. The molecular weight excluding hydrogens is 460 g/mol. The number of hydrogen-bond donors (Lipinski definition) is 0. The molecule has 0 radical (unpaired) electrons. The van der Waals surface area contributed by atoms with Crippen LogP contribution in [0.15, 0.2) is 107 Å². The molecule has 6 aromatic rings. The minimum absolute atomic E-state index is 0.0397. The van der Waals surface area contributed by atoms with Gasteiger partial charge in [-0.1, -0.05) is 94.6 Å². The molecule has 0 bridgehead atoms. The van der Waals surface area contributed by atoms with Crippen LogP contribution in [0.25, 0.3) is 50.5 Å². The number of halogens is 1. The lowest BCUT2D eigenvalue weighted by atomic mass is 10.2. The van der Waals surface area contributed by atoms with Crippen molar-refractivity contribution in [3.8, 4) is 28.7 Å². The Morgan fingerprint density at radius 2 is 1.25 bits per heavy atom. The van der Waals surface area contributed by atoms with E-state index in [4.69, 9.17) is 13.7 Å². The van der Waals surface area contributed by atoms with E-state index in [1.807, 2.05) is 42.5 Å². The molecule has 0 aliphatic rings. The molecule has 0 saturated carbocycles. The van der Waals surface area contributed by atoms with Crippen molar-refractivity contribution in [3.05, 3.63) is 107 Å². The van der Waals surface area contributed by atoms with Gasteiger partial charge < -0.3 is 0 Å². The highest BCUT2D eigenvalue weighted by atomic mass is 79.9. The van der Waals surface area contributed by atoms with Gasteiger partial charge >= 0.3 is 0 Å². The van der Waals surface area contributed by atoms with Crippen LogP contribution in [-0.2, 0) is 0 Å². The second-order valence-corrected chi connectivity index (χ2v) is 7.71. The zero-order valence-corrected chi connectivity index (χ0v) is 17.8. The molecule has 0 fully saturated rings. The standard InChI is InChI=1S/C27H17BrN4/c28-20-15-16-24-22(17-20)21-13-7-8-14-23(21)32(24)27-30-25(18-9-3-1-4-10-18)29-26(31-27)19-11-5-2-6-12-19/h1-17H/i1D,2D,3D,4D,5D,6D,9D,10D,11D,12D. The Morgan fingerprint density at radius 1 is 0.656 bits per heavy atom. The van der Waals surface area contributed by atoms with E-state index in [0.29, 0.717) is 11.0 Å². The van der Waals surface area contributed by atoms with Gasteiger partial charge in [-0.3, -0.25) is 4.57 Å². The lowest BCUT2D eigenvalue weighted by Crippen LogP contribution is -2.06. The zero-order chi connectivity index (χ0) is 30.2. The number of nitrogens with zero attached hydrogens (tertiary/aromatic N) is 4. The highest BCUT2D eigenvalue weighted by Crippen LogP contribution is 2.33. The largest absolute Gasteiger partial charge is 0.278 e. The maximum atomic E-state index is 8.52. The molecule has 4 nitrogen and oxygen atoms in total. The first kappa shape index (κ1) is 11.2. The van der Waals surface area contributed by atoms with Gasteiger partial charge in [-0.2, -0.15) is 9.97 Å². The minimum Gasteiger partial charge on any atom is -0.278 e. The second kappa shape index (κ2) is 7.70. The monoisotopic (exact) mass is 486 g/mol. The predicted octanol–water partition coefficient (Wildman–Crippen LogP) is 7.07. The summed E-state index contributed by atoms with van der Waals surface area (Å²) in [4.78, 5) is 13.5. The molecule has 0 unspecified atom stereocenters. The van der Waals surface area contributed by atoms with Crippen molar-refractivity contribution in [3.63, 3.8) is 0 Å². The zero-order valence-electron chi connectivity index (χ0n) is 26.2. The summed E-state index contributed by atoms with van der Waals surface area (Å²) in [7, 11) is 0. The lowest BCUT2D eigenvalue weighted by molar-refractivity contribution is 0.953. The predicted molar refractivity (Wildman–Crippen MR) is 133 cm³/mol. The van der Waals surface area contributed by atoms with Crippen molar-refractivity contribution in [2.45, 2.75) is 0 Å². The van der Waals surface area contributed by atoms with E-state index in [1.165, 1.54) is 0 Å². The highest BCUT2D eigenvalue weighted by Gasteiger charge is 2.17. The molecule has 0 amide bonds. The van der Waals surface area contributed by atoms with Crippen LogP contribution in [0.4, 0.5) is 0 Å². The van der Waals surface area contributed by atoms with Gasteiger partial charge in [-0.25, -0.2) is 4.98 Å². The Hall–Kier alpha value is -3.83. The van der Waals surface area contributed by atoms with Crippen molar-refractivity contribution >= 4 is 37.7 Å². The van der Waals surface area contributed by atoms with Gasteiger partial charge in [-0.05, 0) is 24.3 Å². The van der Waals surface area contributed by atoms with Crippen LogP contribution < -0.4 is 0 Å². The van der Waals surface area contributed by atoms with Crippen LogP contribution in [-0.4, -0.2) is 19.5 Å². The molecule has 0 aliphatic heterocycles. The molecule has 4 aromatic carbocycles. The van der Waals surface area contributed by atoms with Crippen LogP contribution in [0.2, 0.25) is 0 Å². The van der Waals surface area contributed by atoms with E-state index in [9.17, 15) is 0 Å². The minimum atomic E-state index is -0.598. The molecule has 6 rings (SSSR count). The van der Waals surface area contributed by atoms with Gasteiger partial charge in [0.25, 0.3) is 0 Å². The number of hydrogen-bond acceptors (Lipinski definition) is 3. The van der Waals surface area contributed by atoms with Crippen LogP contribution in [0, 0.1) is 0 Å². The van der Waals surface area contributed by atoms with Gasteiger partial charge in [0.1, 0.15) is 0 Å². The average molecular weight is 487 g/mol. The summed E-state index contributed by atoms with van der Waals surface area (Å²) >= 11 is 3.50. The van der Waals surface area contributed by atoms with Gasteiger partial charge in [0.15, 0.2) is 11.6 Å². The van der Waals surface area contributed by atoms with Crippen molar-refractivity contribution in [2.75, 3.05) is 0 Å². The average Bonchev–Trinajstić information content (AvgIpc) is 3.30. The third-order valence-corrected chi connectivity index (χ3v) is 5.40. The fourth-order valence-electron chi connectivity index (χ4n) is 3.57. The number of rotatable bonds is 3. The summed E-state index contributed by atoms with van der Waals surface area (Å²) in [5, 5.41) is 1.69. The number of aromatic nitrogens is 4. The van der Waals surface area contributed by atoms with Crippen molar-refractivity contribution in [1.29, 1.82) is 0 Å². The summed E-state index contributed by atoms with van der Waals surface area (Å²) in [5.41, 5.74) is 0.712. The molecule has 0 spiro atoms. The first-order valence-corrected chi connectivity index (χ1v) is 10.3. The lowest BCUT2D eigenvalue weighted by Gasteiger charge is -2.10. The third kappa shape index (κ3) is 3.18. The van der Waals surface area contributed by atoms with E-state index in [1.54, 1.807) is 4.57 Å². The first-order valence-electron chi connectivity index (χ1n) is 14.5. The number of para-hydroxylation sites is 1. The fraction of sp³-hybridized carbons (Fsp3) is 0. The van der Waals surface area contributed by atoms with Crippen molar-refractivity contribution in [1.82, 2.24) is 19.5 Å². The smallest absolute Gasteiger partial charge is 0.238 e. The van der Waals surface area contributed by atoms with Gasteiger partial charge in [0.2, 0.25) is 5.95 Å². The Balaban J connectivity index is 1.79. The summed E-state index contributed by atoms with van der Waals surface area (Å²) < 4.78 is 85.2. The highest BCUT2D eigenvalue weighted by molar-refractivity contribution is 9.10. The summed E-state index contributed by atoms with van der Waals surface area (Å²) in [6.45, 7) is 0. The summed E-state index contributed by atoms with van der Waals surface area (Å²) in [6.07, 6.45) is 0. The molecule has 0 N–H and O–H groups in total. The van der Waals surface area contributed by atoms with Gasteiger partial charge in [0, 0.05) is 26.4 Å². The molecule has 0 saturated heterocycles. The second-order valence-electron chi connectivity index (χ2n) is 6.80. The maximum absolute atomic E-state index is 8.52. The van der Waals surface area contributed by atoms with E-state index < -0.39 is 60.4 Å². The van der Waals surface area contributed by atoms with Crippen molar-refractivity contribution in [2.24, 2.45) is 0 Å². The van der Waals surface area contributed by atoms with E-state index >= 15 is 0 Å². The molecule has 2 aromatic heterocycles. The molecular formula is C27H17BrN4. The normalized spacial score (nSPS) is 15.7. The summed E-state index contributed by atoms with van der Waals surface area (Å²) in [5.74, 6) is -0.675. The Morgan fingerprint density at radius 3 is 1.91 bits per heavy atom. The van der Waals surface area contributed by atoms with Crippen LogP contribution in [0.1, 0.15) is 13.7 Å². The molecule has 5 heteroatoms. The summed E-state index contributed by atoms with van der Waals surface area (Å²) in [6, 6.07) is 7.19. The Labute approximate surface area is 207 Å². The maximum Gasteiger partial charge on any atom is 0.238 e. The van der Waals surface area contributed by atoms with Crippen LogP contribution in [0.5, 0.6) is 0 Å². The quantitative estimate of drug-likeness (QED) is 0.268. The van der Waals surface area contributed by atoms with Gasteiger partial charge in [-0.15, -0.1) is 0 Å². The molecule has 0 aliphatic carbocycles. The Kier molecular flexibility index (Phi) is 2.68. The number of fused-ring (bicyclic) bond motifs is 3. The van der Waals surface area contributed by atoms with Crippen LogP contribution in [0.3, 0.4) is 0 Å². The molecule has 2 heterocycles. The molecule has 32 heavy (non-hydrogen) atoms. The number of benzene rings is 4. The SMILES string of the molecule is [2H]c1c([2H])c([2H])c(-c2nc(-c3c([2H])c([2H])c([2H])c([2H])c3[2H])nc(-n3c4ccccc4c4cc(Br)ccc43)n2)c([2H])c1[2H]. The fourth-order valence-corrected chi connectivity index (χ4v) is 3.93. The van der Waals surface area contributed by atoms with E-state index in [2.05, 4.69) is 30.9 Å².